The fraction of sp³-hybridized carbons (Fsp3) is 0.542. The summed E-state index contributed by atoms with van der Waals surface area (Å²) in [6.07, 6.45) is -0.314. The van der Waals surface area contributed by atoms with E-state index >= 15 is 0 Å². The summed E-state index contributed by atoms with van der Waals surface area (Å²) in [7, 11) is 0. The zero-order chi connectivity index (χ0) is 25.9. The molecule has 0 radical (unpaired) electrons. The van der Waals surface area contributed by atoms with Gasteiger partial charge >= 0.3 is 6.18 Å². The molecule has 3 N–H and O–H groups in total. The highest BCUT2D eigenvalue weighted by atomic mass is 32.2. The van der Waals surface area contributed by atoms with Gasteiger partial charge in [0, 0.05) is 25.4 Å². The number of nitrogens with one attached hydrogen (secondary N) is 2. The first-order chi connectivity index (χ1) is 17.1. The standard InChI is InChI=1S/C24H29F4N3O4S/c25-22-21(32)9-11-29-23(22)31-12-10-16(13-30-36(33)34)20(31)14-35-17-7-5-15(6-8-17)18-3-1-2-4-19(18)24(26,27)28/h1-4,9,11,15-17,20,30H,5-8,10,12-14H2,(H,29,32)(H,33,34)/t15?,16-,17?,20-/m0/s1. The molecule has 2 heterocycles. The average Bonchev–Trinajstić information content (AvgIpc) is 3.25. The van der Waals surface area contributed by atoms with Crippen LogP contribution in [-0.4, -0.2) is 45.6 Å². The number of H-pyrrole nitrogens is 1. The number of rotatable bonds is 8. The van der Waals surface area contributed by atoms with Crippen molar-refractivity contribution in [2.75, 3.05) is 24.6 Å². The molecule has 12 heteroatoms. The van der Waals surface area contributed by atoms with Gasteiger partial charge in [0.25, 0.3) is 0 Å². The number of pyridine rings is 1. The van der Waals surface area contributed by atoms with Gasteiger partial charge in [-0.15, -0.1) is 0 Å². The molecule has 1 saturated carbocycles. The number of benzene rings is 1. The lowest BCUT2D eigenvalue weighted by molar-refractivity contribution is -0.138. The smallest absolute Gasteiger partial charge is 0.376 e. The van der Waals surface area contributed by atoms with E-state index in [4.69, 9.17) is 9.29 Å². The van der Waals surface area contributed by atoms with Gasteiger partial charge in [0.2, 0.25) is 22.5 Å². The predicted molar refractivity (Wildman–Crippen MR) is 127 cm³/mol. The molecule has 2 fully saturated rings. The summed E-state index contributed by atoms with van der Waals surface area (Å²) in [6.45, 7) is 0.818. The largest absolute Gasteiger partial charge is 0.416 e. The first-order valence-electron chi connectivity index (χ1n) is 11.9. The van der Waals surface area contributed by atoms with Crippen LogP contribution in [0.4, 0.5) is 23.4 Å². The van der Waals surface area contributed by atoms with Gasteiger partial charge in [-0.25, -0.2) is 8.93 Å². The molecule has 1 aromatic carbocycles. The van der Waals surface area contributed by atoms with Crippen LogP contribution in [0.5, 0.6) is 0 Å². The Labute approximate surface area is 208 Å². The third kappa shape index (κ3) is 6.16. The minimum atomic E-state index is -4.40. The SMILES string of the molecule is O=c1cc[nH]c(N2CC[C@@H](CNS(=O)O)[C@@H]2COC2CCC(c3ccccc3C(F)(F)F)CC2)c1F. The van der Waals surface area contributed by atoms with Crippen LogP contribution in [0.15, 0.2) is 41.3 Å². The Hall–Kier alpha value is -2.28. The molecule has 3 atom stereocenters. The van der Waals surface area contributed by atoms with Gasteiger partial charge in [0.1, 0.15) is 5.82 Å². The van der Waals surface area contributed by atoms with Gasteiger partial charge in [0.05, 0.1) is 24.3 Å². The van der Waals surface area contributed by atoms with Crippen molar-refractivity contribution in [3.8, 4) is 0 Å². The molecule has 4 rings (SSSR count). The molecule has 2 aromatic rings. The van der Waals surface area contributed by atoms with Crippen LogP contribution >= 0.6 is 0 Å². The minimum absolute atomic E-state index is 0.0520. The number of alkyl halides is 3. The molecule has 1 aromatic heterocycles. The van der Waals surface area contributed by atoms with Crippen molar-refractivity contribution >= 4 is 17.1 Å². The maximum Gasteiger partial charge on any atom is 0.416 e. The van der Waals surface area contributed by atoms with E-state index in [1.807, 2.05) is 0 Å². The molecular weight excluding hydrogens is 502 g/mol. The fourth-order valence-corrected chi connectivity index (χ4v) is 5.74. The van der Waals surface area contributed by atoms with Crippen molar-refractivity contribution in [3.05, 3.63) is 63.7 Å². The predicted octanol–water partition coefficient (Wildman–Crippen LogP) is 4.20. The summed E-state index contributed by atoms with van der Waals surface area (Å²) in [4.78, 5) is 16.3. The van der Waals surface area contributed by atoms with Crippen LogP contribution in [-0.2, 0) is 22.2 Å². The van der Waals surface area contributed by atoms with E-state index in [-0.39, 0.29) is 43.0 Å². The molecule has 198 valence electrons. The molecule has 0 spiro atoms. The van der Waals surface area contributed by atoms with Crippen LogP contribution < -0.4 is 15.1 Å². The maximum atomic E-state index is 14.6. The van der Waals surface area contributed by atoms with Crippen LogP contribution in [0, 0.1) is 11.7 Å². The summed E-state index contributed by atoms with van der Waals surface area (Å²) >= 11 is -2.20. The number of hydrogen-bond donors (Lipinski definition) is 3. The van der Waals surface area contributed by atoms with E-state index in [0.717, 1.165) is 12.1 Å². The number of halogens is 4. The molecule has 2 aliphatic rings. The highest BCUT2D eigenvalue weighted by Crippen LogP contribution is 2.41. The molecular formula is C24H29F4N3O4S. The third-order valence-electron chi connectivity index (χ3n) is 7.20. The number of anilines is 1. The van der Waals surface area contributed by atoms with Crippen LogP contribution in [0.25, 0.3) is 0 Å². The molecule has 0 bridgehead atoms. The van der Waals surface area contributed by atoms with Crippen LogP contribution in [0.2, 0.25) is 0 Å². The van der Waals surface area contributed by atoms with Gasteiger partial charge in [-0.3, -0.25) is 9.35 Å². The highest BCUT2D eigenvalue weighted by molar-refractivity contribution is 7.77. The second-order valence-electron chi connectivity index (χ2n) is 9.30. The van der Waals surface area contributed by atoms with Crippen LogP contribution in [0.3, 0.4) is 0 Å². The molecule has 36 heavy (non-hydrogen) atoms. The Bertz CT molecular complexity index is 1120. The summed E-state index contributed by atoms with van der Waals surface area (Å²) in [6, 6.07) is 6.43. The van der Waals surface area contributed by atoms with Crippen molar-refractivity contribution < 1.29 is 31.1 Å². The zero-order valence-electron chi connectivity index (χ0n) is 19.5. The third-order valence-corrected chi connectivity index (χ3v) is 7.62. The topological polar surface area (TPSA) is 94.7 Å². The van der Waals surface area contributed by atoms with Gasteiger partial charge in [-0.1, -0.05) is 18.2 Å². The molecule has 1 aliphatic carbocycles. The quantitative estimate of drug-likeness (QED) is 0.351. The van der Waals surface area contributed by atoms with Crippen molar-refractivity contribution in [1.82, 2.24) is 9.71 Å². The lowest BCUT2D eigenvalue weighted by atomic mass is 9.81. The molecule has 7 nitrogen and oxygen atoms in total. The number of aromatic amines is 1. The van der Waals surface area contributed by atoms with E-state index in [1.54, 1.807) is 17.0 Å². The summed E-state index contributed by atoms with van der Waals surface area (Å²) in [5.74, 6) is -1.19. The molecule has 1 aliphatic heterocycles. The Balaban J connectivity index is 1.41. The van der Waals surface area contributed by atoms with Gasteiger partial charge < -0.3 is 14.6 Å². The minimum Gasteiger partial charge on any atom is -0.376 e. The molecule has 0 amide bonds. The monoisotopic (exact) mass is 531 g/mol. The number of hydrogen-bond acceptors (Lipinski definition) is 4. The van der Waals surface area contributed by atoms with Crippen molar-refractivity contribution in [2.45, 2.75) is 56.3 Å². The number of aromatic nitrogens is 1. The van der Waals surface area contributed by atoms with Crippen molar-refractivity contribution in [3.63, 3.8) is 0 Å². The van der Waals surface area contributed by atoms with Crippen molar-refractivity contribution in [1.29, 1.82) is 0 Å². The van der Waals surface area contributed by atoms with Crippen molar-refractivity contribution in [2.24, 2.45) is 5.92 Å². The molecule has 1 saturated heterocycles. The first-order valence-corrected chi connectivity index (χ1v) is 13.0. The number of ether oxygens (including phenoxy) is 1. The van der Waals surface area contributed by atoms with E-state index in [2.05, 4.69) is 9.71 Å². The van der Waals surface area contributed by atoms with Crippen LogP contribution in [0.1, 0.15) is 49.1 Å². The number of nitrogens with zero attached hydrogens (tertiary/aromatic N) is 1. The van der Waals surface area contributed by atoms with Gasteiger partial charge in [-0.2, -0.15) is 17.6 Å². The fourth-order valence-electron chi connectivity index (χ4n) is 5.38. The maximum absolute atomic E-state index is 14.6. The normalized spacial score (nSPS) is 25.8. The van der Waals surface area contributed by atoms with E-state index < -0.39 is 34.3 Å². The van der Waals surface area contributed by atoms with Gasteiger partial charge in [-0.05, 0) is 55.6 Å². The second-order valence-corrected chi connectivity index (χ2v) is 10.1. The van der Waals surface area contributed by atoms with E-state index in [9.17, 15) is 26.6 Å². The molecule has 1 unspecified atom stereocenters. The summed E-state index contributed by atoms with van der Waals surface area (Å²) < 4.78 is 83.8. The second kappa shape index (κ2) is 11.4. The highest BCUT2D eigenvalue weighted by Gasteiger charge is 2.38. The average molecular weight is 532 g/mol. The Kier molecular flexibility index (Phi) is 8.48. The lowest BCUT2D eigenvalue weighted by Crippen LogP contribution is -2.42. The van der Waals surface area contributed by atoms with E-state index in [0.29, 0.717) is 44.2 Å². The van der Waals surface area contributed by atoms with Gasteiger partial charge in [0.15, 0.2) is 0 Å². The van der Waals surface area contributed by atoms with E-state index in [1.165, 1.54) is 12.3 Å². The first kappa shape index (κ1) is 26.8. The Morgan fingerprint density at radius 1 is 1.14 bits per heavy atom. The summed E-state index contributed by atoms with van der Waals surface area (Å²) in [5.41, 5.74) is -1.01. The zero-order valence-corrected chi connectivity index (χ0v) is 20.3. The lowest BCUT2D eigenvalue weighted by Gasteiger charge is -2.34. The Morgan fingerprint density at radius 2 is 1.86 bits per heavy atom. The summed E-state index contributed by atoms with van der Waals surface area (Å²) in [5, 5.41) is 0. The Morgan fingerprint density at radius 3 is 2.56 bits per heavy atom.